The van der Waals surface area contributed by atoms with E-state index in [1.54, 1.807) is 6.07 Å². The van der Waals surface area contributed by atoms with Crippen LogP contribution < -0.4 is 10.4 Å². The monoisotopic (exact) mass is 377 g/mol. The first-order chi connectivity index (χ1) is 12.2. The second-order valence-corrected chi connectivity index (χ2v) is 9.81. The molecular weight excluding hydrogens is 354 g/mol. The Bertz CT molecular complexity index is 1060. The van der Waals surface area contributed by atoms with Crippen LogP contribution in [0.1, 0.15) is 37.0 Å². The van der Waals surface area contributed by atoms with Crippen LogP contribution in [0.3, 0.4) is 0 Å². The maximum atomic E-state index is 12.0. The average Bonchev–Trinajstić information content (AvgIpc) is 2.89. The Morgan fingerprint density at radius 1 is 1.31 bits per heavy atom. The Labute approximate surface area is 152 Å². The molecule has 7 heteroatoms. The van der Waals surface area contributed by atoms with E-state index in [0.29, 0.717) is 25.3 Å². The van der Waals surface area contributed by atoms with Gasteiger partial charge in [0, 0.05) is 34.7 Å². The zero-order valence-electron chi connectivity index (χ0n) is 15.3. The molecule has 0 amide bonds. The molecule has 1 aromatic carbocycles. The smallest absolute Gasteiger partial charge is 0.336 e. The third-order valence-corrected chi connectivity index (χ3v) is 7.62. The van der Waals surface area contributed by atoms with Gasteiger partial charge in [-0.25, -0.2) is 13.2 Å². The molecule has 3 heterocycles. The minimum Gasteiger partial charge on any atom is -0.477 e. The molecule has 2 aliphatic heterocycles. The summed E-state index contributed by atoms with van der Waals surface area (Å²) < 4.78 is 35.4. The van der Waals surface area contributed by atoms with Crippen molar-refractivity contribution in [1.29, 1.82) is 0 Å². The summed E-state index contributed by atoms with van der Waals surface area (Å²) in [6, 6.07) is 3.57. The summed E-state index contributed by atoms with van der Waals surface area (Å²) in [6.45, 7) is 6.87. The molecule has 1 fully saturated rings. The fourth-order valence-electron chi connectivity index (χ4n) is 4.17. The van der Waals surface area contributed by atoms with Gasteiger partial charge >= 0.3 is 5.63 Å². The third-order valence-electron chi connectivity index (χ3n) is 5.73. The van der Waals surface area contributed by atoms with Crippen molar-refractivity contribution < 1.29 is 17.6 Å². The third kappa shape index (κ3) is 2.74. The van der Waals surface area contributed by atoms with E-state index in [9.17, 15) is 13.2 Å². The summed E-state index contributed by atoms with van der Waals surface area (Å²) in [4.78, 5) is 13.9. The Kier molecular flexibility index (Phi) is 3.93. The Balaban J connectivity index is 1.79. The summed E-state index contributed by atoms with van der Waals surface area (Å²) in [5, 5.41) is 0.929. The van der Waals surface area contributed by atoms with Crippen LogP contribution >= 0.6 is 0 Å². The molecule has 0 aliphatic carbocycles. The van der Waals surface area contributed by atoms with E-state index in [0.717, 1.165) is 34.2 Å². The van der Waals surface area contributed by atoms with Crippen molar-refractivity contribution in [2.45, 2.75) is 45.7 Å². The average molecular weight is 377 g/mol. The maximum Gasteiger partial charge on any atom is 0.336 e. The van der Waals surface area contributed by atoms with Crippen LogP contribution in [-0.2, 0) is 22.8 Å². The van der Waals surface area contributed by atoms with E-state index >= 15 is 0 Å². The lowest BCUT2D eigenvalue weighted by Crippen LogP contribution is -2.50. The summed E-state index contributed by atoms with van der Waals surface area (Å²) in [7, 11) is -2.99. The van der Waals surface area contributed by atoms with E-state index in [1.165, 1.54) is 0 Å². The molecule has 6 nitrogen and oxygen atoms in total. The van der Waals surface area contributed by atoms with Crippen molar-refractivity contribution in [2.75, 3.05) is 18.2 Å². The second kappa shape index (κ2) is 5.82. The molecule has 1 aromatic heterocycles. The van der Waals surface area contributed by atoms with Gasteiger partial charge in [0.2, 0.25) is 0 Å². The number of benzene rings is 1. The normalized spacial score (nSPS) is 25.2. The van der Waals surface area contributed by atoms with Gasteiger partial charge in [0.05, 0.1) is 11.5 Å². The van der Waals surface area contributed by atoms with Gasteiger partial charge in [0.1, 0.15) is 18.1 Å². The van der Waals surface area contributed by atoms with E-state index in [-0.39, 0.29) is 17.1 Å². The zero-order valence-corrected chi connectivity index (χ0v) is 16.1. The molecular formula is C19H23NO5S. The molecule has 0 unspecified atom stereocenters. The number of hydrogen-bond acceptors (Lipinski definition) is 6. The minimum atomic E-state index is -2.99. The second-order valence-electron chi connectivity index (χ2n) is 7.62. The van der Waals surface area contributed by atoms with Crippen molar-refractivity contribution in [3.8, 4) is 5.75 Å². The molecule has 1 atom stereocenters. The largest absolute Gasteiger partial charge is 0.477 e. The first kappa shape index (κ1) is 17.5. The molecule has 4 rings (SSSR count). The Morgan fingerprint density at radius 2 is 2.08 bits per heavy atom. The lowest BCUT2D eigenvalue weighted by molar-refractivity contribution is 0.0157. The predicted octanol–water partition coefficient (Wildman–Crippen LogP) is 2.39. The van der Waals surface area contributed by atoms with Crippen LogP contribution in [-0.4, -0.2) is 37.1 Å². The minimum absolute atomic E-state index is 0.167. The van der Waals surface area contributed by atoms with Crippen LogP contribution in [0.15, 0.2) is 21.3 Å². The van der Waals surface area contributed by atoms with Gasteiger partial charge in [-0.1, -0.05) is 6.92 Å². The van der Waals surface area contributed by atoms with Crippen LogP contribution in [0.25, 0.3) is 11.0 Å². The van der Waals surface area contributed by atoms with Gasteiger partial charge in [0.25, 0.3) is 0 Å². The molecule has 1 saturated heterocycles. The van der Waals surface area contributed by atoms with Crippen LogP contribution in [0.2, 0.25) is 0 Å². The fourth-order valence-corrected chi connectivity index (χ4v) is 6.34. The highest BCUT2D eigenvalue weighted by atomic mass is 32.2. The van der Waals surface area contributed by atoms with Gasteiger partial charge in [-0.05, 0) is 38.3 Å². The molecule has 140 valence electrons. The van der Waals surface area contributed by atoms with Crippen LogP contribution in [0.5, 0.6) is 5.75 Å². The van der Waals surface area contributed by atoms with Gasteiger partial charge in [0.15, 0.2) is 9.84 Å². The standard InChI is InChI=1S/C19H23NO5S/c1-4-13-8-16(21)25-18-12(2)17-14(7-15(13)18)9-20(11-24-17)19(3)5-6-26(22,23)10-19/h7-8H,4-6,9-11H2,1-3H3/t19-/m0/s1. The maximum absolute atomic E-state index is 12.0. The Morgan fingerprint density at radius 3 is 2.73 bits per heavy atom. The quantitative estimate of drug-likeness (QED) is 0.748. The predicted molar refractivity (Wildman–Crippen MR) is 99.3 cm³/mol. The molecule has 0 saturated carbocycles. The van der Waals surface area contributed by atoms with Gasteiger partial charge in [-0.3, -0.25) is 4.90 Å². The fraction of sp³-hybridized carbons (Fsp3) is 0.526. The number of ether oxygens (including phenoxy) is 1. The summed E-state index contributed by atoms with van der Waals surface area (Å²) in [5.74, 6) is 1.14. The van der Waals surface area contributed by atoms with Crippen molar-refractivity contribution in [3.05, 3.63) is 39.2 Å². The molecule has 0 bridgehead atoms. The molecule has 2 aromatic rings. The highest BCUT2D eigenvalue weighted by Crippen LogP contribution is 2.39. The Hall–Kier alpha value is -1.86. The molecule has 2 aliphatic rings. The van der Waals surface area contributed by atoms with E-state index in [1.807, 2.05) is 26.8 Å². The molecule has 26 heavy (non-hydrogen) atoms. The van der Waals surface area contributed by atoms with Crippen LogP contribution in [0.4, 0.5) is 0 Å². The van der Waals surface area contributed by atoms with Crippen molar-refractivity contribution in [3.63, 3.8) is 0 Å². The number of aryl methyl sites for hydroxylation is 2. The van der Waals surface area contributed by atoms with Gasteiger partial charge < -0.3 is 9.15 Å². The topological polar surface area (TPSA) is 76.8 Å². The SMILES string of the molecule is CCc1cc(=O)oc2c(C)c3c(cc12)CN([C@@]1(C)CCS(=O)(=O)C1)CO3. The lowest BCUT2D eigenvalue weighted by Gasteiger charge is -2.40. The van der Waals surface area contributed by atoms with Gasteiger partial charge in [-0.2, -0.15) is 0 Å². The molecule has 0 N–H and O–H groups in total. The highest BCUT2D eigenvalue weighted by Gasteiger charge is 2.44. The van der Waals surface area contributed by atoms with Crippen molar-refractivity contribution >= 4 is 20.8 Å². The van der Waals surface area contributed by atoms with Gasteiger partial charge in [-0.15, -0.1) is 0 Å². The highest BCUT2D eigenvalue weighted by molar-refractivity contribution is 7.91. The van der Waals surface area contributed by atoms with Crippen molar-refractivity contribution in [2.24, 2.45) is 0 Å². The first-order valence-corrected chi connectivity index (χ1v) is 10.7. The number of fused-ring (bicyclic) bond motifs is 2. The van der Waals surface area contributed by atoms with Crippen molar-refractivity contribution in [1.82, 2.24) is 4.90 Å². The number of hydrogen-bond donors (Lipinski definition) is 0. The van der Waals surface area contributed by atoms with Crippen LogP contribution in [0, 0.1) is 6.92 Å². The summed E-state index contributed by atoms with van der Waals surface area (Å²) in [6.07, 6.45) is 1.36. The number of sulfone groups is 1. The lowest BCUT2D eigenvalue weighted by atomic mass is 9.95. The van der Waals surface area contributed by atoms with E-state index < -0.39 is 15.4 Å². The zero-order chi connectivity index (χ0) is 18.7. The van der Waals surface area contributed by atoms with E-state index in [4.69, 9.17) is 9.15 Å². The molecule has 0 spiro atoms. The number of nitrogens with zero attached hydrogens (tertiary/aromatic N) is 1. The number of rotatable bonds is 2. The van der Waals surface area contributed by atoms with E-state index in [2.05, 4.69) is 4.90 Å². The molecule has 0 radical (unpaired) electrons. The summed E-state index contributed by atoms with van der Waals surface area (Å²) >= 11 is 0. The first-order valence-electron chi connectivity index (χ1n) is 8.90. The summed E-state index contributed by atoms with van der Waals surface area (Å²) in [5.41, 5.74) is 2.61.